The van der Waals surface area contributed by atoms with E-state index in [1.54, 1.807) is 24.8 Å². The van der Waals surface area contributed by atoms with Gasteiger partial charge in [-0.1, -0.05) is 5.16 Å². The van der Waals surface area contributed by atoms with Crippen molar-refractivity contribution in [1.82, 2.24) is 15.8 Å². The molecule has 0 aliphatic carbocycles. The number of barbiturate groups is 1. The Labute approximate surface area is 209 Å². The summed E-state index contributed by atoms with van der Waals surface area (Å²) in [5, 5.41) is 8.54. The minimum atomic E-state index is -1.77. The van der Waals surface area contributed by atoms with Gasteiger partial charge in [0, 0.05) is 20.1 Å². The molecule has 2 aromatic rings. The monoisotopic (exact) mass is 517 g/mol. The highest BCUT2D eigenvalue weighted by atomic mass is 19.1. The number of rotatable bonds is 3. The van der Waals surface area contributed by atoms with Crippen LogP contribution >= 0.6 is 0 Å². The number of methoxy groups -OCH3 is 1. The zero-order chi connectivity index (χ0) is 26.2. The molecule has 3 fully saturated rings. The molecule has 0 bridgehead atoms. The van der Waals surface area contributed by atoms with Gasteiger partial charge in [0.25, 0.3) is 0 Å². The van der Waals surface area contributed by atoms with Crippen LogP contribution in [-0.4, -0.2) is 80.3 Å². The van der Waals surface area contributed by atoms with E-state index in [1.165, 1.54) is 12.0 Å². The van der Waals surface area contributed by atoms with Crippen LogP contribution in [0.1, 0.15) is 19.4 Å². The van der Waals surface area contributed by atoms with Crippen molar-refractivity contribution in [3.8, 4) is 0 Å². The minimum Gasteiger partial charge on any atom is -0.447 e. The highest BCUT2D eigenvalue weighted by Crippen LogP contribution is 2.50. The van der Waals surface area contributed by atoms with Crippen molar-refractivity contribution >= 4 is 46.4 Å². The van der Waals surface area contributed by atoms with Crippen LogP contribution in [0.5, 0.6) is 0 Å². The predicted octanol–water partition coefficient (Wildman–Crippen LogP) is 0.829. The lowest BCUT2D eigenvalue weighted by Crippen LogP contribution is -2.75. The fourth-order valence-corrected chi connectivity index (χ4v) is 6.15. The molecule has 5 amide bonds. The van der Waals surface area contributed by atoms with E-state index in [0.717, 1.165) is 0 Å². The van der Waals surface area contributed by atoms with Gasteiger partial charge in [-0.25, -0.2) is 18.9 Å². The number of nitrogens with one attached hydrogen (secondary N) is 2. The molecule has 196 valence electrons. The van der Waals surface area contributed by atoms with E-state index in [9.17, 15) is 19.2 Å². The van der Waals surface area contributed by atoms with Gasteiger partial charge in [-0.05, 0) is 25.5 Å². The molecule has 1 aromatic heterocycles. The smallest absolute Gasteiger partial charge is 0.416 e. The summed E-state index contributed by atoms with van der Waals surface area (Å²) in [5.41, 5.74) is -1.48. The maximum absolute atomic E-state index is 16.2. The average Bonchev–Trinajstić information content (AvgIpc) is 3.40. The summed E-state index contributed by atoms with van der Waals surface area (Å²) in [6.07, 6.45) is -1.91. The van der Waals surface area contributed by atoms with Crippen LogP contribution < -0.4 is 20.4 Å². The SMILES string of the molecule is COC[C@@H]1COC(=O)N1c1noc2c(F)c3c(cc12)CC1(C(=O)NC(=O)NC1=O)[C@@H]1[C@@H](C)O[C@@H](C)CN31. The number of fused-ring (bicyclic) bond motifs is 5. The molecule has 0 radical (unpaired) electrons. The molecule has 37 heavy (non-hydrogen) atoms. The van der Waals surface area contributed by atoms with Crippen LogP contribution in [0.4, 0.5) is 25.5 Å². The lowest BCUT2D eigenvalue weighted by Gasteiger charge is -2.55. The average molecular weight is 517 g/mol. The van der Waals surface area contributed by atoms with E-state index < -0.39 is 53.4 Å². The minimum absolute atomic E-state index is 0.0360. The van der Waals surface area contributed by atoms with E-state index in [1.807, 2.05) is 0 Å². The van der Waals surface area contributed by atoms with E-state index in [0.29, 0.717) is 5.56 Å². The van der Waals surface area contributed by atoms with E-state index in [-0.39, 0.29) is 54.8 Å². The van der Waals surface area contributed by atoms with Gasteiger partial charge in [0.05, 0.1) is 42.0 Å². The molecule has 0 unspecified atom stereocenters. The summed E-state index contributed by atoms with van der Waals surface area (Å²) in [7, 11) is 1.48. The first-order chi connectivity index (χ1) is 17.7. The molecule has 6 rings (SSSR count). The van der Waals surface area contributed by atoms with Crippen LogP contribution in [0.3, 0.4) is 0 Å². The Morgan fingerprint density at radius 1 is 1.22 bits per heavy atom. The largest absolute Gasteiger partial charge is 0.447 e. The van der Waals surface area contributed by atoms with Crippen LogP contribution in [-0.2, 0) is 30.2 Å². The summed E-state index contributed by atoms with van der Waals surface area (Å²) in [6, 6.07) is -0.773. The Balaban J connectivity index is 1.55. The number of anilines is 2. The summed E-state index contributed by atoms with van der Waals surface area (Å²) in [6.45, 7) is 3.88. The maximum atomic E-state index is 16.2. The number of carbonyl (C=O) groups is 4. The van der Waals surface area contributed by atoms with Gasteiger partial charge in [0.1, 0.15) is 6.61 Å². The van der Waals surface area contributed by atoms with Crippen molar-refractivity contribution in [2.24, 2.45) is 5.41 Å². The second-order valence-corrected chi connectivity index (χ2v) is 9.77. The van der Waals surface area contributed by atoms with Gasteiger partial charge >= 0.3 is 12.1 Å². The molecule has 0 saturated carbocycles. The van der Waals surface area contributed by atoms with Gasteiger partial charge < -0.3 is 23.6 Å². The van der Waals surface area contributed by atoms with Crippen molar-refractivity contribution in [2.75, 3.05) is 36.7 Å². The number of hydrogen-bond donors (Lipinski definition) is 2. The number of cyclic esters (lactones) is 1. The third-order valence-corrected chi connectivity index (χ3v) is 7.49. The number of halogens is 1. The van der Waals surface area contributed by atoms with E-state index in [2.05, 4.69) is 15.8 Å². The van der Waals surface area contributed by atoms with Crippen molar-refractivity contribution in [3.05, 3.63) is 17.4 Å². The fourth-order valence-electron chi connectivity index (χ4n) is 6.15. The third-order valence-electron chi connectivity index (χ3n) is 7.49. The molecule has 4 aliphatic heterocycles. The number of imide groups is 2. The molecular formula is C23H24FN5O8. The van der Waals surface area contributed by atoms with Gasteiger partial charge in [-0.2, -0.15) is 0 Å². The number of urea groups is 1. The first-order valence-electron chi connectivity index (χ1n) is 11.8. The predicted molar refractivity (Wildman–Crippen MR) is 122 cm³/mol. The lowest BCUT2D eigenvalue weighted by atomic mass is 9.66. The van der Waals surface area contributed by atoms with Gasteiger partial charge in [-0.3, -0.25) is 20.2 Å². The number of ether oxygens (including phenoxy) is 3. The molecule has 4 aliphatic rings. The maximum Gasteiger partial charge on any atom is 0.416 e. The van der Waals surface area contributed by atoms with Crippen LogP contribution in [0, 0.1) is 11.2 Å². The van der Waals surface area contributed by atoms with Crippen molar-refractivity contribution in [1.29, 1.82) is 0 Å². The Hall–Kier alpha value is -3.78. The normalized spacial score (nSPS) is 28.8. The number of morpholine rings is 1. The molecule has 5 heterocycles. The molecule has 1 aromatic carbocycles. The Kier molecular flexibility index (Phi) is 5.18. The van der Waals surface area contributed by atoms with Gasteiger partial charge in [-0.15, -0.1) is 0 Å². The van der Waals surface area contributed by atoms with Gasteiger partial charge in [0.15, 0.2) is 17.1 Å². The molecular weight excluding hydrogens is 493 g/mol. The summed E-state index contributed by atoms with van der Waals surface area (Å²) in [5.74, 6) is -2.28. The summed E-state index contributed by atoms with van der Waals surface area (Å²) >= 11 is 0. The topological polar surface area (TPSA) is 153 Å². The van der Waals surface area contributed by atoms with Crippen LogP contribution in [0.2, 0.25) is 0 Å². The molecule has 1 spiro atoms. The Morgan fingerprint density at radius 3 is 2.65 bits per heavy atom. The highest BCUT2D eigenvalue weighted by Gasteiger charge is 2.63. The third kappa shape index (κ3) is 3.18. The second-order valence-electron chi connectivity index (χ2n) is 9.77. The molecule has 13 nitrogen and oxygen atoms in total. The summed E-state index contributed by atoms with van der Waals surface area (Å²) in [4.78, 5) is 54.0. The number of nitrogens with zero attached hydrogens (tertiary/aromatic N) is 3. The lowest BCUT2D eigenvalue weighted by molar-refractivity contribution is -0.153. The number of carbonyl (C=O) groups excluding carboxylic acids is 4. The first kappa shape index (κ1) is 23.6. The molecule has 2 N–H and O–H groups in total. The van der Waals surface area contributed by atoms with Crippen molar-refractivity contribution in [3.63, 3.8) is 0 Å². The highest BCUT2D eigenvalue weighted by molar-refractivity contribution is 6.20. The van der Waals surface area contributed by atoms with E-state index in [4.69, 9.17) is 18.7 Å². The number of benzene rings is 1. The molecule has 4 atom stereocenters. The van der Waals surface area contributed by atoms with Crippen LogP contribution in [0.25, 0.3) is 11.0 Å². The number of hydrogen-bond acceptors (Lipinski definition) is 10. The van der Waals surface area contributed by atoms with Crippen LogP contribution in [0.15, 0.2) is 10.6 Å². The Morgan fingerprint density at radius 2 is 1.95 bits per heavy atom. The number of aromatic nitrogens is 1. The quantitative estimate of drug-likeness (QED) is 0.560. The van der Waals surface area contributed by atoms with Crippen molar-refractivity contribution in [2.45, 2.75) is 44.6 Å². The number of amides is 5. The zero-order valence-electron chi connectivity index (χ0n) is 20.2. The van der Waals surface area contributed by atoms with E-state index >= 15 is 4.39 Å². The summed E-state index contributed by atoms with van der Waals surface area (Å²) < 4.78 is 37.9. The molecule has 14 heteroatoms. The zero-order valence-corrected chi connectivity index (χ0v) is 20.2. The van der Waals surface area contributed by atoms with Crippen molar-refractivity contribution < 1.29 is 42.3 Å². The first-order valence-corrected chi connectivity index (χ1v) is 11.8. The van der Waals surface area contributed by atoms with Gasteiger partial charge in [0.2, 0.25) is 17.4 Å². The molecule has 3 saturated heterocycles. The fraction of sp³-hybridized carbons (Fsp3) is 0.522. The standard InChI is InChI=1S/C23H24FN5O8/c1-9-6-28-15-11(5-23(17(28)10(2)36-9)19(30)25-21(32)26-20(23)31)4-13-16(14(15)24)37-27-18(13)29-12(7-34-3)8-35-22(29)33/h4,9-10,12,17H,5-8H2,1-3H3,(H2,25,26,30,31,32)/t9-,10+,12+,17-/m0/s1. The Bertz CT molecular complexity index is 1340. The second kappa shape index (κ2) is 8.11.